The van der Waals surface area contributed by atoms with Gasteiger partial charge in [0.2, 0.25) is 0 Å². The Morgan fingerprint density at radius 3 is 2.24 bits per heavy atom. The van der Waals surface area contributed by atoms with E-state index >= 15 is 0 Å². The van der Waals surface area contributed by atoms with Crippen LogP contribution < -0.4 is 5.32 Å². The predicted molar refractivity (Wildman–Crippen MR) is 88.2 cm³/mol. The van der Waals surface area contributed by atoms with Crippen molar-refractivity contribution in [2.45, 2.75) is 51.3 Å². The monoisotopic (exact) mass is 309 g/mol. The van der Waals surface area contributed by atoms with Crippen LogP contribution >= 0.6 is 0 Å². The van der Waals surface area contributed by atoms with E-state index in [1.807, 2.05) is 33.0 Å². The van der Waals surface area contributed by atoms with Crippen molar-refractivity contribution in [1.82, 2.24) is 5.32 Å². The van der Waals surface area contributed by atoms with Crippen LogP contribution in [0.1, 0.15) is 42.4 Å². The summed E-state index contributed by atoms with van der Waals surface area (Å²) in [6, 6.07) is 6.14. The predicted octanol–water partition coefficient (Wildman–Crippen LogP) is 3.00. The highest BCUT2D eigenvalue weighted by molar-refractivity contribution is 7.90. The number of rotatable bonds is 6. The molecule has 1 aliphatic carbocycles. The van der Waals surface area contributed by atoms with Gasteiger partial charge in [-0.05, 0) is 45.2 Å². The maximum absolute atomic E-state index is 12.5. The van der Waals surface area contributed by atoms with Gasteiger partial charge in [-0.3, -0.25) is 0 Å². The lowest BCUT2D eigenvalue weighted by atomic mass is 10.0. The van der Waals surface area contributed by atoms with Crippen molar-refractivity contribution in [2.24, 2.45) is 5.92 Å². The third kappa shape index (κ3) is 4.82. The molecular weight excluding hydrogens is 282 g/mol. The molecule has 0 aromatic heterocycles. The minimum Gasteiger partial charge on any atom is -0.316 e. The lowest BCUT2D eigenvalue weighted by Gasteiger charge is -2.22. The van der Waals surface area contributed by atoms with Gasteiger partial charge in [0.25, 0.3) is 0 Å². The van der Waals surface area contributed by atoms with Crippen LogP contribution in [0, 0.1) is 19.8 Å². The largest absolute Gasteiger partial charge is 0.316 e. The fraction of sp³-hybridized carbons (Fsp3) is 0.647. The van der Waals surface area contributed by atoms with Gasteiger partial charge in [0.05, 0.1) is 11.5 Å². The van der Waals surface area contributed by atoms with Crippen molar-refractivity contribution in [3.05, 3.63) is 34.9 Å². The molecule has 1 atom stereocenters. The molecule has 0 heterocycles. The molecule has 2 rings (SSSR count). The first-order valence-corrected chi connectivity index (χ1v) is 9.66. The lowest BCUT2D eigenvalue weighted by Crippen LogP contribution is -2.39. The molecule has 0 spiro atoms. The first kappa shape index (κ1) is 16.5. The first-order valence-electron chi connectivity index (χ1n) is 7.84. The van der Waals surface area contributed by atoms with Gasteiger partial charge in [-0.25, -0.2) is 8.42 Å². The van der Waals surface area contributed by atoms with Crippen LogP contribution in [-0.2, 0) is 15.6 Å². The van der Waals surface area contributed by atoms with Crippen molar-refractivity contribution in [1.29, 1.82) is 0 Å². The van der Waals surface area contributed by atoms with Gasteiger partial charge in [-0.1, -0.05) is 42.2 Å². The van der Waals surface area contributed by atoms with E-state index in [-0.39, 0.29) is 17.5 Å². The second kappa shape index (κ2) is 6.93. The highest BCUT2D eigenvalue weighted by Crippen LogP contribution is 2.28. The molecule has 1 N–H and O–H groups in total. The van der Waals surface area contributed by atoms with E-state index in [1.54, 1.807) is 0 Å². The molecule has 1 aromatic rings. The Balaban J connectivity index is 2.06. The number of sulfone groups is 1. The molecule has 1 fully saturated rings. The number of nitrogens with one attached hydrogen (secondary N) is 1. The highest BCUT2D eigenvalue weighted by atomic mass is 32.2. The van der Waals surface area contributed by atoms with Gasteiger partial charge in [0.1, 0.15) is 0 Å². The Morgan fingerprint density at radius 1 is 1.14 bits per heavy atom. The smallest absolute Gasteiger partial charge is 0.155 e. The Kier molecular flexibility index (Phi) is 5.44. The van der Waals surface area contributed by atoms with Crippen LogP contribution in [-0.4, -0.2) is 27.3 Å². The molecule has 3 nitrogen and oxygen atoms in total. The lowest BCUT2D eigenvalue weighted by molar-refractivity contribution is 0.404. The third-order valence-electron chi connectivity index (χ3n) is 4.44. The summed E-state index contributed by atoms with van der Waals surface area (Å²) in [4.78, 5) is 0. The van der Waals surface area contributed by atoms with Crippen molar-refractivity contribution in [2.75, 3.05) is 12.8 Å². The van der Waals surface area contributed by atoms with E-state index in [9.17, 15) is 8.42 Å². The minimum atomic E-state index is -3.08. The van der Waals surface area contributed by atoms with E-state index in [1.165, 1.54) is 12.8 Å². The molecule has 1 unspecified atom stereocenters. The van der Waals surface area contributed by atoms with Gasteiger partial charge in [-0.2, -0.15) is 0 Å². The van der Waals surface area contributed by atoms with Crippen LogP contribution in [0.4, 0.5) is 0 Å². The Bertz CT molecular complexity index is 554. The van der Waals surface area contributed by atoms with E-state index in [0.29, 0.717) is 5.92 Å². The third-order valence-corrected chi connectivity index (χ3v) is 6.08. The fourth-order valence-electron chi connectivity index (χ4n) is 3.55. The summed E-state index contributed by atoms with van der Waals surface area (Å²) in [6.07, 6.45) is 4.79. The SMILES string of the molecule is CNC(CS(=O)(=O)Cc1cc(C)cc(C)c1)C1CCCC1. The van der Waals surface area contributed by atoms with Gasteiger partial charge >= 0.3 is 0 Å². The zero-order valence-corrected chi connectivity index (χ0v) is 14.2. The number of hydrogen-bond donors (Lipinski definition) is 1. The highest BCUT2D eigenvalue weighted by Gasteiger charge is 2.28. The van der Waals surface area contributed by atoms with Crippen LogP contribution in [0.5, 0.6) is 0 Å². The topological polar surface area (TPSA) is 46.2 Å². The molecule has 0 aliphatic heterocycles. The van der Waals surface area contributed by atoms with Gasteiger partial charge in [-0.15, -0.1) is 0 Å². The van der Waals surface area contributed by atoms with E-state index in [4.69, 9.17) is 0 Å². The average molecular weight is 309 g/mol. The number of aryl methyl sites for hydroxylation is 2. The van der Waals surface area contributed by atoms with Gasteiger partial charge < -0.3 is 5.32 Å². The molecule has 1 aliphatic rings. The Morgan fingerprint density at radius 2 is 1.71 bits per heavy atom. The van der Waals surface area contributed by atoms with E-state index in [2.05, 4.69) is 11.4 Å². The minimum absolute atomic E-state index is 0.100. The molecule has 1 aromatic carbocycles. The summed E-state index contributed by atoms with van der Waals surface area (Å²) in [5.41, 5.74) is 3.16. The van der Waals surface area contributed by atoms with Crippen LogP contribution in [0.2, 0.25) is 0 Å². The normalized spacial score (nSPS) is 18.0. The van der Waals surface area contributed by atoms with E-state index in [0.717, 1.165) is 29.5 Å². The quantitative estimate of drug-likeness (QED) is 0.878. The summed E-state index contributed by atoms with van der Waals surface area (Å²) < 4.78 is 25.0. The summed E-state index contributed by atoms with van der Waals surface area (Å²) in [7, 11) is -1.20. The van der Waals surface area contributed by atoms with Crippen molar-refractivity contribution >= 4 is 9.84 Å². The molecule has 118 valence electrons. The first-order chi connectivity index (χ1) is 9.89. The number of benzene rings is 1. The van der Waals surface area contributed by atoms with Crippen molar-refractivity contribution in [3.8, 4) is 0 Å². The van der Waals surface area contributed by atoms with Crippen LogP contribution in [0.3, 0.4) is 0 Å². The average Bonchev–Trinajstić information content (AvgIpc) is 2.87. The summed E-state index contributed by atoms with van der Waals surface area (Å²) >= 11 is 0. The fourth-order valence-corrected chi connectivity index (χ4v) is 5.33. The molecule has 0 saturated heterocycles. The molecule has 1 saturated carbocycles. The van der Waals surface area contributed by atoms with E-state index < -0.39 is 9.84 Å². The second-order valence-electron chi connectivity index (χ2n) is 6.49. The Labute approximate surface area is 129 Å². The Hall–Kier alpha value is -0.870. The molecule has 0 radical (unpaired) electrons. The van der Waals surface area contributed by atoms with Crippen molar-refractivity contribution in [3.63, 3.8) is 0 Å². The molecule has 21 heavy (non-hydrogen) atoms. The molecule has 4 heteroatoms. The molecule has 0 amide bonds. The van der Waals surface area contributed by atoms with Crippen molar-refractivity contribution < 1.29 is 8.42 Å². The summed E-state index contributed by atoms with van der Waals surface area (Å²) in [5, 5.41) is 3.23. The van der Waals surface area contributed by atoms with Crippen LogP contribution in [0.25, 0.3) is 0 Å². The molecule has 0 bridgehead atoms. The second-order valence-corrected chi connectivity index (χ2v) is 8.60. The van der Waals surface area contributed by atoms with Gasteiger partial charge in [0.15, 0.2) is 9.84 Å². The standard InChI is InChI=1S/C17H27NO2S/c1-13-8-14(2)10-15(9-13)11-21(19,20)12-17(18-3)16-6-4-5-7-16/h8-10,16-18H,4-7,11-12H2,1-3H3. The number of hydrogen-bond acceptors (Lipinski definition) is 3. The maximum atomic E-state index is 12.5. The summed E-state index contributed by atoms with van der Waals surface area (Å²) in [6.45, 7) is 4.02. The molecular formula is C17H27NO2S. The maximum Gasteiger partial charge on any atom is 0.155 e. The van der Waals surface area contributed by atoms with Gasteiger partial charge in [0, 0.05) is 6.04 Å². The summed E-state index contributed by atoms with van der Waals surface area (Å²) in [5.74, 6) is 0.922. The van der Waals surface area contributed by atoms with Crippen LogP contribution in [0.15, 0.2) is 18.2 Å². The zero-order chi connectivity index (χ0) is 15.5. The zero-order valence-electron chi connectivity index (χ0n) is 13.4.